The summed E-state index contributed by atoms with van der Waals surface area (Å²) in [6.45, 7) is 1.96. The summed E-state index contributed by atoms with van der Waals surface area (Å²) in [6.07, 6.45) is 0. The molecule has 0 radical (unpaired) electrons. The first-order valence-electron chi connectivity index (χ1n) is 9.38. The SMILES string of the molecule is COc1ccccc1C(C)N(C)C(=O)c1ccc(NC(=O)c2ccccc2)cc1. The maximum absolute atomic E-state index is 12.9. The van der Waals surface area contributed by atoms with Crippen LogP contribution in [0.2, 0.25) is 0 Å². The summed E-state index contributed by atoms with van der Waals surface area (Å²) < 4.78 is 5.41. The number of para-hydroxylation sites is 1. The van der Waals surface area contributed by atoms with Gasteiger partial charge in [-0.15, -0.1) is 0 Å². The van der Waals surface area contributed by atoms with E-state index in [0.717, 1.165) is 11.3 Å². The summed E-state index contributed by atoms with van der Waals surface area (Å²) in [7, 11) is 3.39. The third-order valence-electron chi connectivity index (χ3n) is 4.92. The fourth-order valence-electron chi connectivity index (χ4n) is 3.09. The lowest BCUT2D eigenvalue weighted by Crippen LogP contribution is -2.29. The van der Waals surface area contributed by atoms with Crippen molar-refractivity contribution in [2.75, 3.05) is 19.5 Å². The highest BCUT2D eigenvalue weighted by molar-refractivity contribution is 6.04. The predicted molar refractivity (Wildman–Crippen MR) is 114 cm³/mol. The van der Waals surface area contributed by atoms with Crippen molar-refractivity contribution in [1.29, 1.82) is 0 Å². The van der Waals surface area contributed by atoms with E-state index in [0.29, 0.717) is 16.8 Å². The highest BCUT2D eigenvalue weighted by Crippen LogP contribution is 2.29. The van der Waals surface area contributed by atoms with E-state index in [4.69, 9.17) is 4.74 Å². The second-order valence-corrected chi connectivity index (χ2v) is 6.73. The zero-order valence-electron chi connectivity index (χ0n) is 16.8. The largest absolute Gasteiger partial charge is 0.496 e. The molecule has 5 heteroatoms. The van der Waals surface area contributed by atoms with Crippen LogP contribution in [0.15, 0.2) is 78.9 Å². The second-order valence-electron chi connectivity index (χ2n) is 6.73. The lowest BCUT2D eigenvalue weighted by atomic mass is 10.0. The molecule has 5 nitrogen and oxygen atoms in total. The van der Waals surface area contributed by atoms with Crippen molar-refractivity contribution >= 4 is 17.5 Å². The average Bonchev–Trinajstić information content (AvgIpc) is 2.78. The van der Waals surface area contributed by atoms with E-state index >= 15 is 0 Å². The van der Waals surface area contributed by atoms with Gasteiger partial charge in [0.25, 0.3) is 11.8 Å². The maximum atomic E-state index is 12.9. The van der Waals surface area contributed by atoms with Crippen LogP contribution in [0.3, 0.4) is 0 Å². The minimum Gasteiger partial charge on any atom is -0.496 e. The van der Waals surface area contributed by atoms with Gasteiger partial charge in [-0.2, -0.15) is 0 Å². The number of ether oxygens (including phenoxy) is 1. The summed E-state index contributed by atoms with van der Waals surface area (Å²) >= 11 is 0. The molecule has 0 aliphatic rings. The van der Waals surface area contributed by atoms with Crippen LogP contribution in [0, 0.1) is 0 Å². The quantitative estimate of drug-likeness (QED) is 0.661. The Hall–Kier alpha value is -3.60. The number of benzene rings is 3. The molecule has 29 heavy (non-hydrogen) atoms. The van der Waals surface area contributed by atoms with E-state index in [1.54, 1.807) is 55.5 Å². The highest BCUT2D eigenvalue weighted by Gasteiger charge is 2.21. The number of nitrogens with zero attached hydrogens (tertiary/aromatic N) is 1. The van der Waals surface area contributed by atoms with Crippen LogP contribution in [-0.2, 0) is 0 Å². The lowest BCUT2D eigenvalue weighted by Gasteiger charge is -2.26. The standard InChI is InChI=1S/C24H24N2O3/c1-17(21-11-7-8-12-22(21)29-3)26(2)24(28)19-13-15-20(16-14-19)25-23(27)18-9-5-4-6-10-18/h4-17H,1-3H3,(H,25,27). The molecule has 0 saturated carbocycles. The van der Waals surface area contributed by atoms with Gasteiger partial charge >= 0.3 is 0 Å². The number of carbonyl (C=O) groups is 2. The number of rotatable bonds is 6. The number of hydrogen-bond acceptors (Lipinski definition) is 3. The molecule has 3 aromatic carbocycles. The van der Waals surface area contributed by atoms with Crippen LogP contribution < -0.4 is 10.1 Å². The van der Waals surface area contributed by atoms with E-state index in [1.165, 1.54) is 0 Å². The van der Waals surface area contributed by atoms with Crippen LogP contribution in [0.25, 0.3) is 0 Å². The molecule has 0 aromatic heterocycles. The molecular formula is C24H24N2O3. The maximum Gasteiger partial charge on any atom is 0.255 e. The first-order valence-corrected chi connectivity index (χ1v) is 9.38. The van der Waals surface area contributed by atoms with E-state index in [2.05, 4.69) is 5.32 Å². The van der Waals surface area contributed by atoms with Crippen LogP contribution in [0.1, 0.15) is 39.2 Å². The Morgan fingerprint density at radius 3 is 2.14 bits per heavy atom. The van der Waals surface area contributed by atoms with Gasteiger partial charge in [0, 0.05) is 29.4 Å². The van der Waals surface area contributed by atoms with Gasteiger partial charge in [0.1, 0.15) is 5.75 Å². The average molecular weight is 388 g/mol. The molecule has 3 aromatic rings. The molecule has 0 aliphatic carbocycles. The van der Waals surface area contributed by atoms with Crippen LogP contribution in [0.4, 0.5) is 5.69 Å². The van der Waals surface area contributed by atoms with Crippen molar-refractivity contribution in [2.45, 2.75) is 13.0 Å². The molecule has 0 spiro atoms. The van der Waals surface area contributed by atoms with Crippen LogP contribution >= 0.6 is 0 Å². The van der Waals surface area contributed by atoms with Gasteiger partial charge in [0.15, 0.2) is 0 Å². The topological polar surface area (TPSA) is 58.6 Å². The van der Waals surface area contributed by atoms with Gasteiger partial charge in [-0.1, -0.05) is 36.4 Å². The Morgan fingerprint density at radius 1 is 0.862 bits per heavy atom. The minimum absolute atomic E-state index is 0.107. The lowest BCUT2D eigenvalue weighted by molar-refractivity contribution is 0.0741. The van der Waals surface area contributed by atoms with E-state index in [1.807, 2.05) is 49.4 Å². The third-order valence-corrected chi connectivity index (χ3v) is 4.92. The Morgan fingerprint density at radius 2 is 1.48 bits per heavy atom. The van der Waals surface area contributed by atoms with E-state index in [9.17, 15) is 9.59 Å². The molecule has 0 saturated heterocycles. The Balaban J connectivity index is 1.70. The number of hydrogen-bond donors (Lipinski definition) is 1. The van der Waals surface area contributed by atoms with Crippen molar-refractivity contribution < 1.29 is 14.3 Å². The zero-order valence-corrected chi connectivity index (χ0v) is 16.8. The molecule has 1 unspecified atom stereocenters. The molecule has 2 amide bonds. The van der Waals surface area contributed by atoms with Gasteiger partial charge < -0.3 is 15.0 Å². The number of carbonyl (C=O) groups excluding carboxylic acids is 2. The number of methoxy groups -OCH3 is 1. The number of amides is 2. The van der Waals surface area contributed by atoms with E-state index in [-0.39, 0.29) is 17.9 Å². The van der Waals surface area contributed by atoms with Gasteiger partial charge in [0.2, 0.25) is 0 Å². The Kier molecular flexibility index (Phi) is 6.29. The first-order chi connectivity index (χ1) is 14.0. The number of anilines is 1. The summed E-state index contributed by atoms with van der Waals surface area (Å²) in [5, 5.41) is 2.84. The van der Waals surface area contributed by atoms with Crippen LogP contribution in [0.5, 0.6) is 5.75 Å². The van der Waals surface area contributed by atoms with Crippen molar-refractivity contribution in [1.82, 2.24) is 4.90 Å². The predicted octanol–water partition coefficient (Wildman–Crippen LogP) is 4.78. The van der Waals surface area contributed by atoms with Crippen molar-refractivity contribution in [3.05, 3.63) is 95.6 Å². The summed E-state index contributed by atoms with van der Waals surface area (Å²) in [5.41, 5.74) is 2.71. The van der Waals surface area contributed by atoms with Crippen molar-refractivity contribution in [2.24, 2.45) is 0 Å². The fraction of sp³-hybridized carbons (Fsp3) is 0.167. The molecule has 1 atom stereocenters. The normalized spacial score (nSPS) is 11.4. The molecule has 148 valence electrons. The smallest absolute Gasteiger partial charge is 0.255 e. The minimum atomic E-state index is -0.188. The molecule has 3 rings (SSSR count). The van der Waals surface area contributed by atoms with Crippen molar-refractivity contribution in [3.8, 4) is 5.75 Å². The third kappa shape index (κ3) is 4.63. The molecular weight excluding hydrogens is 364 g/mol. The molecule has 0 fully saturated rings. The van der Waals surface area contributed by atoms with Gasteiger partial charge in [0.05, 0.1) is 13.2 Å². The molecule has 0 heterocycles. The van der Waals surface area contributed by atoms with Crippen molar-refractivity contribution in [3.63, 3.8) is 0 Å². The Labute approximate surface area is 170 Å². The first kappa shape index (κ1) is 20.1. The monoisotopic (exact) mass is 388 g/mol. The van der Waals surface area contributed by atoms with E-state index < -0.39 is 0 Å². The molecule has 0 bridgehead atoms. The Bertz CT molecular complexity index is 985. The van der Waals surface area contributed by atoms with Crippen LogP contribution in [-0.4, -0.2) is 30.9 Å². The molecule has 1 N–H and O–H groups in total. The molecule has 0 aliphatic heterocycles. The van der Waals surface area contributed by atoms with Gasteiger partial charge in [-0.3, -0.25) is 9.59 Å². The van der Waals surface area contributed by atoms with Gasteiger partial charge in [-0.25, -0.2) is 0 Å². The van der Waals surface area contributed by atoms with Gasteiger partial charge in [-0.05, 0) is 49.4 Å². The summed E-state index contributed by atoms with van der Waals surface area (Å²) in [5.74, 6) is 0.453. The fourth-order valence-corrected chi connectivity index (χ4v) is 3.09. The highest BCUT2D eigenvalue weighted by atomic mass is 16.5. The summed E-state index contributed by atoms with van der Waals surface area (Å²) in [4.78, 5) is 26.8. The second kappa shape index (κ2) is 9.06. The summed E-state index contributed by atoms with van der Waals surface area (Å²) in [6, 6.07) is 23.4. The zero-order chi connectivity index (χ0) is 20.8. The number of nitrogens with one attached hydrogen (secondary N) is 1.